The van der Waals surface area contributed by atoms with E-state index in [4.69, 9.17) is 4.74 Å². The van der Waals surface area contributed by atoms with Crippen LogP contribution in [0.5, 0.6) is 0 Å². The molecule has 0 bridgehead atoms. The Kier molecular flexibility index (Phi) is 6.35. The van der Waals surface area contributed by atoms with E-state index in [2.05, 4.69) is 17.4 Å². The summed E-state index contributed by atoms with van der Waals surface area (Å²) >= 11 is 1.18. The van der Waals surface area contributed by atoms with Gasteiger partial charge in [0.05, 0.1) is 17.8 Å². The van der Waals surface area contributed by atoms with Crippen molar-refractivity contribution in [2.45, 2.75) is 51.7 Å². The normalized spacial score (nSPS) is 18.1. The average Bonchev–Trinajstić information content (AvgIpc) is 3.10. The van der Waals surface area contributed by atoms with Crippen LogP contribution in [0.2, 0.25) is 0 Å². The Morgan fingerprint density at radius 2 is 1.88 bits per heavy atom. The molecule has 170 valence electrons. The maximum Gasteiger partial charge on any atom is 0.339 e. The van der Waals surface area contributed by atoms with Gasteiger partial charge in [-0.15, -0.1) is 11.3 Å². The molecule has 7 nitrogen and oxygen atoms in total. The Bertz CT molecular complexity index is 1020. The Balaban J connectivity index is 1.39. The number of amides is 2. The number of carbonyl (C=O) groups excluding carboxylic acids is 2. The number of hydrogen-bond acceptors (Lipinski definition) is 5. The highest BCUT2D eigenvalue weighted by molar-refractivity contribution is 7.17. The van der Waals surface area contributed by atoms with Gasteiger partial charge in [-0.2, -0.15) is 0 Å². The van der Waals surface area contributed by atoms with Crippen LogP contribution in [-0.4, -0.2) is 46.5 Å². The molecule has 0 radical (unpaired) electrons. The summed E-state index contributed by atoms with van der Waals surface area (Å²) in [6.45, 7) is 5.16. The van der Waals surface area contributed by atoms with E-state index in [1.54, 1.807) is 4.90 Å². The number of fused-ring (bicyclic) bond motifs is 1. The standard InChI is InChI=1S/C24H28N2O5S/c1-24(2)13-17-18(14-31-24)32-21(19(17)23(29)30)25-20(27)22(28)26-10-8-16(9-11-26)12-15-6-4-3-5-7-15/h3-7,16H,8-14H2,1-2H3,(H,25,27)(H,29,30). The third-order valence-electron chi connectivity index (χ3n) is 6.19. The van der Waals surface area contributed by atoms with Gasteiger partial charge < -0.3 is 20.1 Å². The van der Waals surface area contributed by atoms with Gasteiger partial charge in [0.1, 0.15) is 5.00 Å². The quantitative estimate of drug-likeness (QED) is 0.684. The van der Waals surface area contributed by atoms with E-state index in [9.17, 15) is 19.5 Å². The number of nitrogens with one attached hydrogen (secondary N) is 1. The first-order valence-corrected chi connectivity index (χ1v) is 11.7. The van der Waals surface area contributed by atoms with Crippen molar-refractivity contribution in [1.29, 1.82) is 0 Å². The summed E-state index contributed by atoms with van der Waals surface area (Å²) in [7, 11) is 0. The van der Waals surface area contributed by atoms with Gasteiger partial charge >= 0.3 is 17.8 Å². The zero-order valence-corrected chi connectivity index (χ0v) is 19.2. The molecule has 1 aromatic carbocycles. The second-order valence-electron chi connectivity index (χ2n) is 9.12. The number of benzene rings is 1. The highest BCUT2D eigenvalue weighted by Crippen LogP contribution is 2.40. The van der Waals surface area contributed by atoms with E-state index in [1.165, 1.54) is 16.9 Å². The predicted molar refractivity (Wildman–Crippen MR) is 122 cm³/mol. The second-order valence-corrected chi connectivity index (χ2v) is 10.2. The molecule has 2 amide bonds. The van der Waals surface area contributed by atoms with Gasteiger partial charge in [0.15, 0.2) is 0 Å². The molecule has 0 saturated carbocycles. The number of carboxylic acid groups (broad SMARTS) is 1. The van der Waals surface area contributed by atoms with E-state index >= 15 is 0 Å². The highest BCUT2D eigenvalue weighted by Gasteiger charge is 2.35. The first-order chi connectivity index (χ1) is 15.2. The number of hydrogen-bond donors (Lipinski definition) is 2. The van der Waals surface area contributed by atoms with Gasteiger partial charge in [-0.05, 0) is 50.2 Å². The van der Waals surface area contributed by atoms with Crippen molar-refractivity contribution in [3.63, 3.8) is 0 Å². The topological polar surface area (TPSA) is 95.9 Å². The Morgan fingerprint density at radius 3 is 2.53 bits per heavy atom. The summed E-state index contributed by atoms with van der Waals surface area (Å²) in [6.07, 6.45) is 3.09. The molecule has 3 heterocycles. The highest BCUT2D eigenvalue weighted by atomic mass is 32.1. The molecular formula is C24H28N2O5S. The molecule has 2 N–H and O–H groups in total. The lowest BCUT2D eigenvalue weighted by Gasteiger charge is -2.31. The number of likely N-dealkylation sites (tertiary alicyclic amines) is 1. The van der Waals surface area contributed by atoms with Crippen LogP contribution in [0.3, 0.4) is 0 Å². The Morgan fingerprint density at radius 1 is 1.19 bits per heavy atom. The van der Waals surface area contributed by atoms with Crippen molar-refractivity contribution in [3.8, 4) is 0 Å². The summed E-state index contributed by atoms with van der Waals surface area (Å²) in [6, 6.07) is 10.3. The first-order valence-electron chi connectivity index (χ1n) is 10.9. The van der Waals surface area contributed by atoms with Crippen molar-refractivity contribution in [1.82, 2.24) is 4.90 Å². The minimum absolute atomic E-state index is 0.0732. The fourth-order valence-corrected chi connectivity index (χ4v) is 5.57. The number of ether oxygens (including phenoxy) is 1. The lowest BCUT2D eigenvalue weighted by atomic mass is 9.90. The van der Waals surface area contributed by atoms with Gasteiger partial charge in [-0.1, -0.05) is 30.3 Å². The number of thiophene rings is 1. The molecule has 1 saturated heterocycles. The van der Waals surface area contributed by atoms with Crippen LogP contribution in [0, 0.1) is 5.92 Å². The maximum atomic E-state index is 12.7. The van der Waals surface area contributed by atoms with Gasteiger partial charge in [0.2, 0.25) is 0 Å². The second kappa shape index (κ2) is 9.03. The monoisotopic (exact) mass is 456 g/mol. The van der Waals surface area contributed by atoms with Gasteiger partial charge in [-0.3, -0.25) is 9.59 Å². The molecule has 0 unspecified atom stereocenters. The minimum Gasteiger partial charge on any atom is -0.478 e. The Labute approximate surface area is 191 Å². The van der Waals surface area contributed by atoms with Crippen LogP contribution in [0.1, 0.15) is 53.1 Å². The van der Waals surface area contributed by atoms with Crippen LogP contribution in [-0.2, 0) is 33.8 Å². The van der Waals surface area contributed by atoms with Crippen LogP contribution in [0.15, 0.2) is 30.3 Å². The summed E-state index contributed by atoms with van der Waals surface area (Å²) in [5, 5.41) is 12.5. The lowest BCUT2D eigenvalue weighted by molar-refractivity contribution is -0.144. The predicted octanol–water partition coefficient (Wildman–Crippen LogP) is 3.72. The smallest absolute Gasteiger partial charge is 0.339 e. The zero-order valence-electron chi connectivity index (χ0n) is 18.3. The fraction of sp³-hybridized carbons (Fsp3) is 0.458. The molecular weight excluding hydrogens is 428 g/mol. The number of rotatable bonds is 4. The SMILES string of the molecule is CC1(C)Cc2c(sc(NC(=O)C(=O)N3CCC(Cc4ccccc4)CC3)c2C(=O)O)CO1. The largest absolute Gasteiger partial charge is 0.478 e. The summed E-state index contributed by atoms with van der Waals surface area (Å²) < 4.78 is 5.77. The van der Waals surface area contributed by atoms with Gasteiger partial charge in [0.25, 0.3) is 0 Å². The van der Waals surface area contributed by atoms with Gasteiger partial charge in [0, 0.05) is 24.4 Å². The fourth-order valence-electron chi connectivity index (χ4n) is 4.46. The average molecular weight is 457 g/mol. The summed E-state index contributed by atoms with van der Waals surface area (Å²) in [4.78, 5) is 39.7. The van der Waals surface area contributed by atoms with Crippen molar-refractivity contribution in [2.24, 2.45) is 5.92 Å². The molecule has 32 heavy (non-hydrogen) atoms. The van der Waals surface area contributed by atoms with Crippen molar-refractivity contribution in [2.75, 3.05) is 18.4 Å². The van der Waals surface area contributed by atoms with Crippen LogP contribution < -0.4 is 5.32 Å². The summed E-state index contributed by atoms with van der Waals surface area (Å²) in [5.41, 5.74) is 1.57. The minimum atomic E-state index is -1.11. The van der Waals surface area contributed by atoms with E-state index in [1.807, 2.05) is 32.0 Å². The molecule has 2 aromatic rings. The molecule has 1 fully saturated rings. The maximum absolute atomic E-state index is 12.7. The van der Waals surface area contributed by atoms with Crippen molar-refractivity contribution < 1.29 is 24.2 Å². The molecule has 2 aliphatic heterocycles. The number of anilines is 1. The van der Waals surface area contributed by atoms with Crippen LogP contribution in [0.4, 0.5) is 5.00 Å². The number of piperidine rings is 1. The van der Waals surface area contributed by atoms with Gasteiger partial charge in [-0.25, -0.2) is 4.79 Å². The number of carbonyl (C=O) groups is 3. The Hall–Kier alpha value is -2.71. The molecule has 0 spiro atoms. The summed E-state index contributed by atoms with van der Waals surface area (Å²) in [5.74, 6) is -2.02. The van der Waals surface area contributed by atoms with E-state index in [0.29, 0.717) is 37.6 Å². The number of nitrogens with zero attached hydrogens (tertiary/aromatic N) is 1. The molecule has 0 atom stereocenters. The van der Waals surface area contributed by atoms with Crippen LogP contribution >= 0.6 is 11.3 Å². The molecule has 4 rings (SSSR count). The third kappa shape index (κ3) is 4.86. The molecule has 1 aromatic heterocycles. The lowest BCUT2D eigenvalue weighted by Crippen LogP contribution is -2.44. The van der Waals surface area contributed by atoms with Crippen molar-refractivity contribution >= 4 is 34.1 Å². The van der Waals surface area contributed by atoms with E-state index in [-0.39, 0.29) is 10.6 Å². The van der Waals surface area contributed by atoms with E-state index < -0.39 is 23.4 Å². The van der Waals surface area contributed by atoms with E-state index in [0.717, 1.165) is 24.1 Å². The number of aromatic carboxylic acids is 1. The van der Waals surface area contributed by atoms with Crippen molar-refractivity contribution in [3.05, 3.63) is 51.9 Å². The first kappa shape index (κ1) is 22.5. The molecule has 8 heteroatoms. The molecule has 0 aliphatic carbocycles. The van der Waals surface area contributed by atoms with Crippen LogP contribution in [0.25, 0.3) is 0 Å². The third-order valence-corrected chi connectivity index (χ3v) is 7.31. The molecule has 2 aliphatic rings. The zero-order chi connectivity index (χ0) is 22.9. The number of carboxylic acids is 1.